The van der Waals surface area contributed by atoms with Crippen LogP contribution in [0.25, 0.3) is 0 Å². The van der Waals surface area contributed by atoms with Gasteiger partial charge in [0.15, 0.2) is 0 Å². The molecular formula is C11H9F21OSi4. The number of rotatable bonds is 9. The van der Waals surface area contributed by atoms with Gasteiger partial charge in [-0.3, -0.25) is 0 Å². The molecule has 1 saturated heterocycles. The first-order valence-corrected chi connectivity index (χ1v) is 22.1. The Morgan fingerprint density at radius 2 is 0.730 bits per heavy atom. The maximum Gasteiger partial charge on any atom is 0.460 e. The molecule has 0 spiro atoms. The molecule has 1 rings (SSSR count). The number of hydrogen-bond donors (Lipinski definition) is 0. The van der Waals surface area contributed by atoms with E-state index in [4.69, 9.17) is 0 Å². The van der Waals surface area contributed by atoms with E-state index >= 15 is 0 Å². The van der Waals surface area contributed by atoms with Crippen LogP contribution in [-0.2, 0) is 4.43 Å². The molecule has 0 aliphatic carbocycles. The highest BCUT2D eigenvalue weighted by molar-refractivity contribution is 7.49. The predicted octanol–water partition coefficient (Wildman–Crippen LogP) is 3.35. The highest BCUT2D eigenvalue weighted by Crippen LogP contribution is 2.66. The van der Waals surface area contributed by atoms with E-state index in [1.54, 1.807) is 0 Å². The Hall–Kier alpha value is -0.642. The van der Waals surface area contributed by atoms with Crippen molar-refractivity contribution < 1.29 is 96.6 Å². The van der Waals surface area contributed by atoms with Crippen molar-refractivity contribution in [2.24, 2.45) is 0 Å². The summed E-state index contributed by atoms with van der Waals surface area (Å²) in [4.78, 5) is 0. The fraction of sp³-hybridized carbons (Fsp3) is 1.00. The van der Waals surface area contributed by atoms with E-state index in [1.165, 1.54) is 0 Å². The molecule has 0 aromatic carbocycles. The fourth-order valence-electron chi connectivity index (χ4n) is 2.85. The zero-order chi connectivity index (χ0) is 30.1. The van der Waals surface area contributed by atoms with Gasteiger partial charge in [0.05, 0.1) is 0 Å². The second-order valence-electron chi connectivity index (χ2n) is 7.63. The molecule has 1 aliphatic heterocycles. The van der Waals surface area contributed by atoms with Crippen molar-refractivity contribution in [3.63, 3.8) is 0 Å². The summed E-state index contributed by atoms with van der Waals surface area (Å²) in [6.45, 7) is 0. The van der Waals surface area contributed by atoms with E-state index in [0.29, 0.717) is 0 Å². The molecule has 0 N–H and O–H groups in total. The average Bonchev–Trinajstić information content (AvgIpc) is 2.72. The van der Waals surface area contributed by atoms with Gasteiger partial charge in [0.1, 0.15) is 17.6 Å². The van der Waals surface area contributed by atoms with Gasteiger partial charge in [-0.15, -0.1) is 0 Å². The van der Waals surface area contributed by atoms with Crippen LogP contribution in [0.2, 0.25) is 0 Å². The first kappa shape index (κ1) is 34.4. The third kappa shape index (κ3) is 4.42. The first-order chi connectivity index (χ1) is 15.9. The van der Waals surface area contributed by atoms with Gasteiger partial charge in [-0.25, -0.2) is 8.78 Å². The molecule has 1 heterocycles. The topological polar surface area (TPSA) is 9.23 Å². The summed E-state index contributed by atoms with van der Waals surface area (Å²) in [5, 5.41) is 0. The van der Waals surface area contributed by atoms with Gasteiger partial charge in [-0.1, -0.05) is 0 Å². The molecule has 26 heteroatoms. The SMILES string of the molecule is FC(F)(F)C(F)(F)C(F)(F)C(F)(F)C(F)(F)C(F)(F)C(F)(F)C(F)(F)C(F)(F)C(F)(F)[SiH]1CO[SiH2][SiH2][SiH2]1. The van der Waals surface area contributed by atoms with Crippen LogP contribution in [0, 0.1) is 0 Å². The van der Waals surface area contributed by atoms with E-state index in [1.807, 2.05) is 0 Å². The van der Waals surface area contributed by atoms with Crippen molar-refractivity contribution in [2.75, 3.05) is 6.23 Å². The van der Waals surface area contributed by atoms with Crippen LogP contribution in [-0.4, -0.2) is 100 Å². The molecule has 1 unspecified atom stereocenters. The Morgan fingerprint density at radius 1 is 0.432 bits per heavy atom. The minimum Gasteiger partial charge on any atom is -0.432 e. The van der Waals surface area contributed by atoms with Crippen molar-refractivity contribution in [2.45, 2.75) is 59.1 Å². The van der Waals surface area contributed by atoms with Crippen LogP contribution >= 0.6 is 0 Å². The Kier molecular flexibility index (Phi) is 8.55. The molecule has 0 bridgehead atoms. The lowest BCUT2D eigenvalue weighted by molar-refractivity contribution is -0.472. The molecule has 0 aromatic rings. The van der Waals surface area contributed by atoms with Crippen LogP contribution in [0.5, 0.6) is 0 Å². The van der Waals surface area contributed by atoms with Crippen molar-refractivity contribution in [1.82, 2.24) is 0 Å². The summed E-state index contributed by atoms with van der Waals surface area (Å²) in [7, 11) is -10.1. The van der Waals surface area contributed by atoms with E-state index in [2.05, 4.69) is 4.43 Å². The summed E-state index contributed by atoms with van der Waals surface area (Å²) < 4.78 is 284. The van der Waals surface area contributed by atoms with Crippen LogP contribution < -0.4 is 0 Å². The quantitative estimate of drug-likeness (QED) is 0.271. The molecule has 0 amide bonds. The number of hydrogen-bond acceptors (Lipinski definition) is 1. The van der Waals surface area contributed by atoms with Gasteiger partial charge in [0.25, 0.3) is 5.55 Å². The van der Waals surface area contributed by atoms with Crippen molar-refractivity contribution >= 4 is 34.7 Å². The van der Waals surface area contributed by atoms with Gasteiger partial charge < -0.3 is 4.43 Å². The average molecular weight is 668 g/mol. The number of halogens is 21. The third-order valence-electron chi connectivity index (χ3n) is 5.21. The van der Waals surface area contributed by atoms with Gasteiger partial charge in [0.2, 0.25) is 0 Å². The summed E-state index contributed by atoms with van der Waals surface area (Å²) >= 11 is 0. The molecule has 222 valence electrons. The van der Waals surface area contributed by atoms with Gasteiger partial charge in [-0.2, -0.15) is 83.4 Å². The van der Waals surface area contributed by atoms with Crippen LogP contribution in [0.1, 0.15) is 0 Å². The molecule has 0 saturated carbocycles. The smallest absolute Gasteiger partial charge is 0.432 e. The Balaban J connectivity index is 3.72. The highest BCUT2D eigenvalue weighted by Gasteiger charge is 2.97. The fourth-order valence-corrected chi connectivity index (χ4v) is 45.2. The minimum atomic E-state index is -9.12. The molecule has 0 aromatic heterocycles. The zero-order valence-electron chi connectivity index (χ0n) is 16.8. The first-order valence-electron chi connectivity index (χ1n) is 8.90. The Bertz CT molecular complexity index is 831. The maximum absolute atomic E-state index is 14.1. The lowest BCUT2D eigenvalue weighted by Gasteiger charge is -2.45. The molecule has 0 radical (unpaired) electrons. The molecule has 1 aliphatic rings. The summed E-state index contributed by atoms with van der Waals surface area (Å²) in [6.07, 6.45) is -9.32. The lowest BCUT2D eigenvalue weighted by atomic mass is 9.87. The van der Waals surface area contributed by atoms with Gasteiger partial charge in [-0.05, 0) is 0 Å². The molecular weight excluding hydrogens is 659 g/mol. The third-order valence-corrected chi connectivity index (χ3v) is 40.5. The van der Waals surface area contributed by atoms with Crippen molar-refractivity contribution in [3.05, 3.63) is 0 Å². The maximum atomic E-state index is 14.1. The monoisotopic (exact) mass is 668 g/mol. The van der Waals surface area contributed by atoms with Crippen molar-refractivity contribution in [3.8, 4) is 0 Å². The Morgan fingerprint density at radius 3 is 1.00 bits per heavy atom. The predicted molar refractivity (Wildman–Crippen MR) is 89.3 cm³/mol. The number of alkyl halides is 21. The van der Waals surface area contributed by atoms with Crippen molar-refractivity contribution in [1.29, 1.82) is 0 Å². The van der Waals surface area contributed by atoms with E-state index in [-0.39, 0.29) is 0 Å². The second kappa shape index (κ2) is 9.20. The van der Waals surface area contributed by atoms with E-state index < -0.39 is 100 Å². The zero-order valence-corrected chi connectivity index (χ0v) is 22.1. The van der Waals surface area contributed by atoms with E-state index in [9.17, 15) is 92.2 Å². The molecule has 1 fully saturated rings. The second-order valence-corrected chi connectivity index (χ2v) is 31.8. The summed E-state index contributed by atoms with van der Waals surface area (Å²) in [6, 6.07) is 0. The van der Waals surface area contributed by atoms with E-state index in [0.717, 1.165) is 0 Å². The van der Waals surface area contributed by atoms with Crippen LogP contribution in [0.4, 0.5) is 92.2 Å². The standard InChI is InChI=1S/C11H9F21OSi4/c12-2(13,4(16,17)6(20,21)8(24,25)10(28,29)30)3(14,15)5(18,19)7(22,23)9(26,27)11(31,32)37-1-33-34-35-36-37/h37H,1,34-36H2. The highest BCUT2D eigenvalue weighted by atomic mass is 29.7. The van der Waals surface area contributed by atoms with Gasteiger partial charge in [0, 0.05) is 23.3 Å². The summed E-state index contributed by atoms with van der Waals surface area (Å²) in [5.74, 6) is -69.6. The summed E-state index contributed by atoms with van der Waals surface area (Å²) in [5.41, 5.74) is -6.32. The molecule has 37 heavy (non-hydrogen) atoms. The Labute approximate surface area is 197 Å². The van der Waals surface area contributed by atoms with Crippen LogP contribution in [0.15, 0.2) is 0 Å². The largest absolute Gasteiger partial charge is 0.460 e. The lowest BCUT2D eigenvalue weighted by Crippen LogP contribution is -2.78. The van der Waals surface area contributed by atoms with Crippen LogP contribution in [0.3, 0.4) is 0 Å². The molecule has 1 nitrogen and oxygen atoms in total. The minimum absolute atomic E-state index is 1.35. The molecule has 1 atom stereocenters. The van der Waals surface area contributed by atoms with Gasteiger partial charge >= 0.3 is 53.6 Å². The normalized spacial score (nSPS) is 22.8.